The van der Waals surface area contributed by atoms with Gasteiger partial charge in [0, 0.05) is 36.5 Å². The Morgan fingerprint density at radius 3 is 3.24 bits per heavy atom. The van der Waals surface area contributed by atoms with Gasteiger partial charge >= 0.3 is 0 Å². The Morgan fingerprint density at radius 1 is 1.65 bits per heavy atom. The zero-order chi connectivity index (χ0) is 12.1. The summed E-state index contributed by atoms with van der Waals surface area (Å²) >= 11 is 2.02. The lowest BCUT2D eigenvalue weighted by atomic mass is 10.2. The van der Waals surface area contributed by atoms with Crippen molar-refractivity contribution in [1.29, 1.82) is 0 Å². The van der Waals surface area contributed by atoms with Gasteiger partial charge in [-0.05, 0) is 25.5 Å². The molecule has 5 heteroatoms. The molecule has 2 N–H and O–H groups in total. The first kappa shape index (κ1) is 12.6. The van der Waals surface area contributed by atoms with Crippen LogP contribution >= 0.6 is 11.8 Å². The number of H-pyrrole nitrogens is 1. The molecular formula is C12H19N3OS. The molecule has 2 heterocycles. The highest BCUT2D eigenvalue weighted by Gasteiger charge is 2.12. The summed E-state index contributed by atoms with van der Waals surface area (Å²) in [4.78, 5) is 18.3. The van der Waals surface area contributed by atoms with Crippen LogP contribution in [0.25, 0.3) is 0 Å². The molecule has 0 amide bonds. The lowest BCUT2D eigenvalue weighted by molar-refractivity contribution is 0.507. The second-order valence-electron chi connectivity index (χ2n) is 4.45. The number of nitrogens with one attached hydrogen (secondary N) is 2. The van der Waals surface area contributed by atoms with Crippen LogP contribution < -0.4 is 10.9 Å². The van der Waals surface area contributed by atoms with Gasteiger partial charge in [-0.1, -0.05) is 0 Å². The van der Waals surface area contributed by atoms with Gasteiger partial charge in [0.1, 0.15) is 5.82 Å². The minimum Gasteiger partial charge on any atom is -0.313 e. The first-order chi connectivity index (χ1) is 8.24. The Kier molecular flexibility index (Phi) is 4.62. The van der Waals surface area contributed by atoms with Gasteiger partial charge in [0.15, 0.2) is 0 Å². The third kappa shape index (κ3) is 4.16. The van der Waals surface area contributed by atoms with Crippen molar-refractivity contribution in [3.8, 4) is 0 Å². The van der Waals surface area contributed by atoms with Crippen LogP contribution in [0.4, 0.5) is 0 Å². The lowest BCUT2D eigenvalue weighted by Gasteiger charge is -2.22. The van der Waals surface area contributed by atoms with Crippen molar-refractivity contribution in [1.82, 2.24) is 15.3 Å². The van der Waals surface area contributed by atoms with Gasteiger partial charge in [-0.3, -0.25) is 4.79 Å². The number of hydrogen-bond donors (Lipinski definition) is 2. The standard InChI is InChI=1S/C12H19N3OS/c1-9-7-12(16)15-11(14-9)4-5-13-10-3-2-6-17-8-10/h7,10,13H,2-6,8H2,1H3,(H,14,15,16)/t10-/m1/s1. The van der Waals surface area contributed by atoms with E-state index in [1.807, 2.05) is 18.7 Å². The Labute approximate surface area is 106 Å². The molecule has 1 saturated heterocycles. The first-order valence-electron chi connectivity index (χ1n) is 6.12. The number of hydrogen-bond acceptors (Lipinski definition) is 4. The van der Waals surface area contributed by atoms with Crippen LogP contribution in [0, 0.1) is 6.92 Å². The minimum absolute atomic E-state index is 0.0549. The van der Waals surface area contributed by atoms with Crippen molar-refractivity contribution in [2.24, 2.45) is 0 Å². The molecule has 0 saturated carbocycles. The molecule has 0 radical (unpaired) electrons. The van der Waals surface area contributed by atoms with Gasteiger partial charge in [-0.2, -0.15) is 11.8 Å². The van der Waals surface area contributed by atoms with E-state index >= 15 is 0 Å². The lowest BCUT2D eigenvalue weighted by Crippen LogP contribution is -2.35. The highest BCUT2D eigenvalue weighted by Crippen LogP contribution is 2.16. The predicted molar refractivity (Wildman–Crippen MR) is 71.6 cm³/mol. The van der Waals surface area contributed by atoms with Crippen LogP contribution in [0.1, 0.15) is 24.4 Å². The summed E-state index contributed by atoms with van der Waals surface area (Å²) in [6.45, 7) is 2.74. The van der Waals surface area contributed by atoms with Crippen molar-refractivity contribution in [2.75, 3.05) is 18.1 Å². The fourth-order valence-corrected chi connectivity index (χ4v) is 3.16. The molecule has 4 nitrogen and oxygen atoms in total. The van der Waals surface area contributed by atoms with Gasteiger partial charge in [0.2, 0.25) is 0 Å². The van der Waals surface area contributed by atoms with Crippen LogP contribution in [0.3, 0.4) is 0 Å². The molecule has 0 unspecified atom stereocenters. The van der Waals surface area contributed by atoms with Gasteiger partial charge < -0.3 is 10.3 Å². The topological polar surface area (TPSA) is 57.8 Å². The van der Waals surface area contributed by atoms with Crippen LogP contribution in [0.5, 0.6) is 0 Å². The second kappa shape index (κ2) is 6.21. The minimum atomic E-state index is -0.0549. The van der Waals surface area contributed by atoms with E-state index < -0.39 is 0 Å². The Balaban J connectivity index is 1.79. The Morgan fingerprint density at radius 2 is 2.53 bits per heavy atom. The van der Waals surface area contributed by atoms with E-state index in [2.05, 4.69) is 15.3 Å². The summed E-state index contributed by atoms with van der Waals surface area (Å²) in [5.41, 5.74) is 0.734. The zero-order valence-electron chi connectivity index (χ0n) is 10.2. The van der Waals surface area contributed by atoms with E-state index in [4.69, 9.17) is 0 Å². The van der Waals surface area contributed by atoms with E-state index in [0.717, 1.165) is 24.5 Å². The second-order valence-corrected chi connectivity index (χ2v) is 5.60. The maximum Gasteiger partial charge on any atom is 0.251 e. The summed E-state index contributed by atoms with van der Waals surface area (Å²) in [5, 5.41) is 3.53. The van der Waals surface area contributed by atoms with Crippen LogP contribution in [0.2, 0.25) is 0 Å². The third-order valence-electron chi connectivity index (χ3n) is 2.87. The van der Waals surface area contributed by atoms with E-state index in [9.17, 15) is 4.79 Å². The summed E-state index contributed by atoms with van der Waals surface area (Å²) < 4.78 is 0. The molecule has 1 aliphatic heterocycles. The van der Waals surface area contributed by atoms with E-state index in [0.29, 0.717) is 6.04 Å². The number of aryl methyl sites for hydroxylation is 1. The molecule has 0 aliphatic carbocycles. The SMILES string of the molecule is Cc1cc(=O)[nH]c(CCN[C@@H]2CCCSC2)n1. The van der Waals surface area contributed by atoms with E-state index in [1.54, 1.807) is 0 Å². The van der Waals surface area contributed by atoms with Gasteiger partial charge in [0.25, 0.3) is 5.56 Å². The van der Waals surface area contributed by atoms with Crippen LogP contribution in [-0.2, 0) is 6.42 Å². The van der Waals surface area contributed by atoms with Crippen LogP contribution in [-0.4, -0.2) is 34.1 Å². The van der Waals surface area contributed by atoms with Crippen molar-refractivity contribution < 1.29 is 0 Å². The van der Waals surface area contributed by atoms with Gasteiger partial charge in [-0.25, -0.2) is 4.98 Å². The van der Waals surface area contributed by atoms with Crippen molar-refractivity contribution in [2.45, 2.75) is 32.2 Å². The molecule has 94 valence electrons. The first-order valence-corrected chi connectivity index (χ1v) is 7.27. The van der Waals surface area contributed by atoms with Crippen molar-refractivity contribution in [3.05, 3.63) is 27.9 Å². The summed E-state index contributed by atoms with van der Waals surface area (Å²) in [5.74, 6) is 3.29. The average Bonchev–Trinajstić information content (AvgIpc) is 2.29. The average molecular weight is 253 g/mol. The van der Waals surface area contributed by atoms with Crippen molar-refractivity contribution >= 4 is 11.8 Å². The predicted octanol–water partition coefficient (Wildman–Crippen LogP) is 1.11. The quantitative estimate of drug-likeness (QED) is 0.844. The number of rotatable bonds is 4. The Bertz CT molecular complexity index is 412. The fourth-order valence-electron chi connectivity index (χ4n) is 2.06. The largest absolute Gasteiger partial charge is 0.313 e. The molecule has 0 aromatic carbocycles. The summed E-state index contributed by atoms with van der Waals surface area (Å²) in [6.07, 6.45) is 3.37. The van der Waals surface area contributed by atoms with Gasteiger partial charge in [-0.15, -0.1) is 0 Å². The zero-order valence-corrected chi connectivity index (χ0v) is 11.0. The molecule has 1 fully saturated rings. The maximum atomic E-state index is 11.3. The number of aromatic amines is 1. The molecule has 1 aliphatic rings. The molecule has 1 atom stereocenters. The molecule has 0 bridgehead atoms. The normalized spacial score (nSPS) is 20.4. The smallest absolute Gasteiger partial charge is 0.251 e. The fraction of sp³-hybridized carbons (Fsp3) is 0.667. The molecule has 1 aromatic rings. The number of thioether (sulfide) groups is 1. The molecular weight excluding hydrogens is 234 g/mol. The van der Waals surface area contributed by atoms with E-state index in [-0.39, 0.29) is 5.56 Å². The number of nitrogens with zero attached hydrogens (tertiary/aromatic N) is 1. The molecule has 17 heavy (non-hydrogen) atoms. The van der Waals surface area contributed by atoms with E-state index in [1.165, 1.54) is 30.4 Å². The third-order valence-corrected chi connectivity index (χ3v) is 4.09. The highest BCUT2D eigenvalue weighted by molar-refractivity contribution is 7.99. The molecule has 0 spiro atoms. The maximum absolute atomic E-state index is 11.3. The van der Waals surface area contributed by atoms with Gasteiger partial charge in [0.05, 0.1) is 0 Å². The monoisotopic (exact) mass is 253 g/mol. The molecule has 2 rings (SSSR count). The Hall–Kier alpha value is -0.810. The van der Waals surface area contributed by atoms with Crippen molar-refractivity contribution in [3.63, 3.8) is 0 Å². The molecule has 1 aromatic heterocycles. The van der Waals surface area contributed by atoms with Crippen LogP contribution in [0.15, 0.2) is 10.9 Å². The summed E-state index contributed by atoms with van der Waals surface area (Å²) in [6, 6.07) is 2.15. The summed E-state index contributed by atoms with van der Waals surface area (Å²) in [7, 11) is 0. The number of aromatic nitrogens is 2. The highest BCUT2D eigenvalue weighted by atomic mass is 32.2.